The van der Waals surface area contributed by atoms with Crippen molar-refractivity contribution in [2.75, 3.05) is 45.3 Å². The number of methoxy groups -OCH3 is 2. The Labute approximate surface area is 124 Å². The Kier molecular flexibility index (Phi) is 4.06. The quantitative estimate of drug-likeness (QED) is 0.922. The molecular weight excluding hydrogens is 268 g/mol. The van der Waals surface area contributed by atoms with Gasteiger partial charge in [0.05, 0.1) is 19.7 Å². The first-order valence-corrected chi connectivity index (χ1v) is 7.16. The lowest BCUT2D eigenvalue weighted by atomic mass is 10.2. The maximum Gasteiger partial charge on any atom is 0.225 e. The van der Waals surface area contributed by atoms with Crippen molar-refractivity contribution in [3.8, 4) is 11.5 Å². The molecule has 1 aromatic heterocycles. The summed E-state index contributed by atoms with van der Waals surface area (Å²) >= 11 is 0. The summed E-state index contributed by atoms with van der Waals surface area (Å²) in [4.78, 5) is 11.4. The summed E-state index contributed by atoms with van der Waals surface area (Å²) in [6.45, 7) is 3.92. The van der Waals surface area contributed by atoms with Gasteiger partial charge in [-0.1, -0.05) is 0 Å². The zero-order valence-electron chi connectivity index (χ0n) is 12.4. The van der Waals surface area contributed by atoms with Gasteiger partial charge in [-0.05, 0) is 19.0 Å². The maximum absolute atomic E-state index is 5.34. The van der Waals surface area contributed by atoms with Crippen molar-refractivity contribution in [3.05, 3.63) is 18.3 Å². The summed E-state index contributed by atoms with van der Waals surface area (Å²) in [5, 5.41) is 4.33. The molecule has 1 N–H and O–H groups in total. The molecule has 0 amide bonds. The van der Waals surface area contributed by atoms with Gasteiger partial charge in [0.15, 0.2) is 11.5 Å². The van der Waals surface area contributed by atoms with E-state index >= 15 is 0 Å². The SMILES string of the molecule is COc1cc2cnc(N3CCCNCC3)nc2cc1OC. The molecule has 0 saturated carbocycles. The van der Waals surface area contributed by atoms with E-state index in [-0.39, 0.29) is 0 Å². The molecule has 6 nitrogen and oxygen atoms in total. The first-order chi connectivity index (χ1) is 10.3. The number of fused-ring (bicyclic) bond motifs is 1. The first kappa shape index (κ1) is 13.9. The zero-order valence-corrected chi connectivity index (χ0v) is 12.4. The Hall–Kier alpha value is -2.08. The van der Waals surface area contributed by atoms with Gasteiger partial charge in [0.1, 0.15) is 0 Å². The fraction of sp³-hybridized carbons (Fsp3) is 0.467. The van der Waals surface area contributed by atoms with Gasteiger partial charge in [-0.3, -0.25) is 0 Å². The molecule has 0 spiro atoms. The third kappa shape index (κ3) is 2.85. The summed E-state index contributed by atoms with van der Waals surface area (Å²) in [6.07, 6.45) is 2.95. The number of rotatable bonds is 3. The normalized spacial score (nSPS) is 15.8. The fourth-order valence-electron chi connectivity index (χ4n) is 2.55. The lowest BCUT2D eigenvalue weighted by Gasteiger charge is -2.20. The number of ether oxygens (including phenoxy) is 2. The lowest BCUT2D eigenvalue weighted by molar-refractivity contribution is 0.356. The van der Waals surface area contributed by atoms with Crippen molar-refractivity contribution in [1.29, 1.82) is 0 Å². The van der Waals surface area contributed by atoms with E-state index in [4.69, 9.17) is 9.47 Å². The number of hydrogen-bond acceptors (Lipinski definition) is 6. The molecule has 6 heteroatoms. The Morgan fingerprint density at radius 1 is 1.10 bits per heavy atom. The summed E-state index contributed by atoms with van der Waals surface area (Å²) in [5.41, 5.74) is 0.870. The summed E-state index contributed by atoms with van der Waals surface area (Å²) in [6, 6.07) is 3.80. The average Bonchev–Trinajstić information content (AvgIpc) is 2.82. The molecule has 0 atom stereocenters. The summed E-state index contributed by atoms with van der Waals surface area (Å²) < 4.78 is 10.6. The monoisotopic (exact) mass is 288 g/mol. The van der Waals surface area contributed by atoms with Crippen LogP contribution in [0.2, 0.25) is 0 Å². The third-order valence-corrected chi connectivity index (χ3v) is 3.70. The van der Waals surface area contributed by atoms with E-state index in [1.807, 2.05) is 18.3 Å². The number of nitrogens with zero attached hydrogens (tertiary/aromatic N) is 3. The van der Waals surface area contributed by atoms with Gasteiger partial charge in [0.25, 0.3) is 0 Å². The van der Waals surface area contributed by atoms with Crippen LogP contribution in [0.3, 0.4) is 0 Å². The second-order valence-corrected chi connectivity index (χ2v) is 5.03. The van der Waals surface area contributed by atoms with E-state index in [1.165, 1.54) is 0 Å². The number of benzene rings is 1. The number of hydrogen-bond donors (Lipinski definition) is 1. The van der Waals surface area contributed by atoms with Crippen LogP contribution in [0, 0.1) is 0 Å². The Morgan fingerprint density at radius 2 is 1.90 bits per heavy atom. The molecule has 0 aliphatic carbocycles. The van der Waals surface area contributed by atoms with Gasteiger partial charge >= 0.3 is 0 Å². The second-order valence-electron chi connectivity index (χ2n) is 5.03. The van der Waals surface area contributed by atoms with E-state index in [1.54, 1.807) is 14.2 Å². The molecule has 112 valence electrons. The van der Waals surface area contributed by atoms with Gasteiger partial charge in [0.2, 0.25) is 5.95 Å². The predicted molar refractivity (Wildman–Crippen MR) is 82.3 cm³/mol. The van der Waals surface area contributed by atoms with Crippen molar-refractivity contribution in [1.82, 2.24) is 15.3 Å². The summed E-state index contributed by atoms with van der Waals surface area (Å²) in [5.74, 6) is 2.16. The van der Waals surface area contributed by atoms with Crippen LogP contribution in [0.4, 0.5) is 5.95 Å². The van der Waals surface area contributed by atoms with Gasteiger partial charge in [-0.15, -0.1) is 0 Å². The molecule has 2 aromatic rings. The van der Waals surface area contributed by atoms with Crippen LogP contribution in [0.15, 0.2) is 18.3 Å². The van der Waals surface area contributed by atoms with Crippen molar-refractivity contribution in [2.24, 2.45) is 0 Å². The topological polar surface area (TPSA) is 59.5 Å². The molecule has 0 radical (unpaired) electrons. The van der Waals surface area contributed by atoms with E-state index < -0.39 is 0 Å². The fourth-order valence-corrected chi connectivity index (χ4v) is 2.55. The molecule has 1 fully saturated rings. The number of aromatic nitrogens is 2. The van der Waals surface area contributed by atoms with Crippen LogP contribution in [0.1, 0.15) is 6.42 Å². The van der Waals surface area contributed by atoms with E-state index in [9.17, 15) is 0 Å². The van der Waals surface area contributed by atoms with Gasteiger partial charge < -0.3 is 19.7 Å². The number of nitrogens with one attached hydrogen (secondary N) is 1. The highest BCUT2D eigenvalue weighted by atomic mass is 16.5. The van der Waals surface area contributed by atoms with Crippen LogP contribution >= 0.6 is 0 Å². The lowest BCUT2D eigenvalue weighted by Crippen LogP contribution is -2.29. The van der Waals surface area contributed by atoms with Crippen LogP contribution in [-0.2, 0) is 0 Å². The standard InChI is InChI=1S/C15H20N4O2/c1-20-13-8-11-10-17-15(18-12(11)9-14(13)21-2)19-6-3-4-16-5-7-19/h8-10,16H,3-7H2,1-2H3. The maximum atomic E-state index is 5.34. The smallest absolute Gasteiger partial charge is 0.225 e. The molecule has 0 bridgehead atoms. The minimum Gasteiger partial charge on any atom is -0.493 e. The highest BCUT2D eigenvalue weighted by Crippen LogP contribution is 2.31. The molecule has 1 saturated heterocycles. The molecule has 21 heavy (non-hydrogen) atoms. The Bertz CT molecular complexity index is 624. The van der Waals surface area contributed by atoms with E-state index in [0.717, 1.165) is 49.5 Å². The largest absolute Gasteiger partial charge is 0.493 e. The van der Waals surface area contributed by atoms with Crippen molar-refractivity contribution in [2.45, 2.75) is 6.42 Å². The second kappa shape index (κ2) is 6.13. The molecule has 2 heterocycles. The van der Waals surface area contributed by atoms with Gasteiger partial charge in [0, 0.05) is 37.3 Å². The van der Waals surface area contributed by atoms with Crippen LogP contribution in [0.25, 0.3) is 10.9 Å². The molecular formula is C15H20N4O2. The molecule has 1 aliphatic heterocycles. The molecule has 1 aromatic carbocycles. The molecule has 0 unspecified atom stereocenters. The Morgan fingerprint density at radius 3 is 2.71 bits per heavy atom. The molecule has 1 aliphatic rings. The minimum absolute atomic E-state index is 0.687. The van der Waals surface area contributed by atoms with Crippen LogP contribution < -0.4 is 19.7 Å². The van der Waals surface area contributed by atoms with Crippen LogP contribution in [0.5, 0.6) is 11.5 Å². The van der Waals surface area contributed by atoms with Crippen LogP contribution in [-0.4, -0.2) is 50.4 Å². The van der Waals surface area contributed by atoms with Crippen molar-refractivity contribution in [3.63, 3.8) is 0 Å². The predicted octanol–water partition coefficient (Wildman–Crippen LogP) is 1.45. The number of anilines is 1. The highest BCUT2D eigenvalue weighted by molar-refractivity contribution is 5.82. The van der Waals surface area contributed by atoms with Gasteiger partial charge in [-0.2, -0.15) is 0 Å². The third-order valence-electron chi connectivity index (χ3n) is 3.70. The van der Waals surface area contributed by atoms with E-state index in [0.29, 0.717) is 11.5 Å². The minimum atomic E-state index is 0.687. The highest BCUT2D eigenvalue weighted by Gasteiger charge is 2.14. The average molecular weight is 288 g/mol. The zero-order chi connectivity index (χ0) is 14.7. The van der Waals surface area contributed by atoms with Crippen molar-refractivity contribution >= 4 is 16.9 Å². The van der Waals surface area contributed by atoms with Crippen molar-refractivity contribution < 1.29 is 9.47 Å². The van der Waals surface area contributed by atoms with Gasteiger partial charge in [-0.25, -0.2) is 9.97 Å². The van der Waals surface area contributed by atoms with E-state index in [2.05, 4.69) is 20.2 Å². The first-order valence-electron chi connectivity index (χ1n) is 7.16. The Balaban J connectivity index is 1.98. The summed E-state index contributed by atoms with van der Waals surface area (Å²) in [7, 11) is 3.26. The molecule has 3 rings (SSSR count).